The lowest BCUT2D eigenvalue weighted by molar-refractivity contribution is -0.116. The van der Waals surface area contributed by atoms with Gasteiger partial charge in [-0.15, -0.1) is 0 Å². The van der Waals surface area contributed by atoms with E-state index >= 15 is 0 Å². The maximum Gasteiger partial charge on any atom is 0.229 e. The van der Waals surface area contributed by atoms with Crippen molar-refractivity contribution in [2.24, 2.45) is 0 Å². The minimum atomic E-state index is -3.26. The molecule has 1 aromatic rings. The fourth-order valence-electron chi connectivity index (χ4n) is 1.15. The lowest BCUT2D eigenvalue weighted by atomic mass is 10.2. The summed E-state index contributed by atoms with van der Waals surface area (Å²) in [6, 6.07) is 6.56. The van der Waals surface area contributed by atoms with Crippen LogP contribution in [0.5, 0.6) is 0 Å². The van der Waals surface area contributed by atoms with Crippen molar-refractivity contribution < 1.29 is 13.2 Å². The van der Waals surface area contributed by atoms with Crippen molar-refractivity contribution in [3.8, 4) is 0 Å². The van der Waals surface area contributed by atoms with E-state index in [2.05, 4.69) is 4.72 Å². The molecule has 0 aliphatic heterocycles. The van der Waals surface area contributed by atoms with E-state index in [1.54, 1.807) is 31.3 Å². The van der Waals surface area contributed by atoms with Gasteiger partial charge >= 0.3 is 0 Å². The number of rotatable bonds is 3. The molecule has 0 aromatic heterocycles. The summed E-state index contributed by atoms with van der Waals surface area (Å²) in [6.07, 6.45) is 1.09. The summed E-state index contributed by atoms with van der Waals surface area (Å²) < 4.78 is 24.2. The summed E-state index contributed by atoms with van der Waals surface area (Å²) in [6.45, 7) is 1.46. The van der Waals surface area contributed by atoms with Gasteiger partial charge in [-0.2, -0.15) is 0 Å². The van der Waals surface area contributed by atoms with E-state index in [4.69, 9.17) is 0 Å². The molecule has 6 heteroatoms. The van der Waals surface area contributed by atoms with Crippen LogP contribution in [0.15, 0.2) is 24.3 Å². The minimum absolute atomic E-state index is 0.0798. The van der Waals surface area contributed by atoms with E-state index in [0.717, 1.165) is 6.26 Å². The molecule has 0 spiro atoms. The Labute approximate surface area is 95.1 Å². The number of hydrogen-bond acceptors (Lipinski definition) is 3. The monoisotopic (exact) mass is 242 g/mol. The van der Waals surface area contributed by atoms with E-state index < -0.39 is 10.0 Å². The molecule has 0 radical (unpaired) electrons. The number of carbonyl (C=O) groups is 1. The zero-order valence-electron chi connectivity index (χ0n) is 9.39. The van der Waals surface area contributed by atoms with E-state index in [0.29, 0.717) is 11.4 Å². The summed E-state index contributed by atoms with van der Waals surface area (Å²) >= 11 is 0. The third-order valence-electron chi connectivity index (χ3n) is 2.03. The van der Waals surface area contributed by atoms with Crippen LogP contribution in [0.3, 0.4) is 0 Å². The SMILES string of the molecule is CC(=O)N(C)c1ccc(NS(C)(=O)=O)cc1. The number of amides is 1. The Hall–Kier alpha value is -1.56. The van der Waals surface area contributed by atoms with Crippen LogP contribution < -0.4 is 9.62 Å². The fraction of sp³-hybridized carbons (Fsp3) is 0.300. The highest BCUT2D eigenvalue weighted by Crippen LogP contribution is 2.17. The lowest BCUT2D eigenvalue weighted by Gasteiger charge is -2.15. The van der Waals surface area contributed by atoms with Crippen molar-refractivity contribution in [3.63, 3.8) is 0 Å². The van der Waals surface area contributed by atoms with Gasteiger partial charge in [0.25, 0.3) is 0 Å². The van der Waals surface area contributed by atoms with Crippen molar-refractivity contribution in [1.29, 1.82) is 0 Å². The average molecular weight is 242 g/mol. The van der Waals surface area contributed by atoms with Gasteiger partial charge in [0, 0.05) is 25.3 Å². The van der Waals surface area contributed by atoms with Gasteiger partial charge in [-0.3, -0.25) is 9.52 Å². The quantitative estimate of drug-likeness (QED) is 0.861. The number of anilines is 2. The van der Waals surface area contributed by atoms with Crippen molar-refractivity contribution in [3.05, 3.63) is 24.3 Å². The number of carbonyl (C=O) groups excluding carboxylic acids is 1. The van der Waals surface area contributed by atoms with Crippen LogP contribution in [0.25, 0.3) is 0 Å². The third-order valence-corrected chi connectivity index (χ3v) is 2.64. The molecule has 1 rings (SSSR count). The van der Waals surface area contributed by atoms with Gasteiger partial charge in [0.1, 0.15) is 0 Å². The highest BCUT2D eigenvalue weighted by molar-refractivity contribution is 7.92. The number of benzene rings is 1. The lowest BCUT2D eigenvalue weighted by Crippen LogP contribution is -2.22. The van der Waals surface area contributed by atoms with Crippen LogP contribution in [0.4, 0.5) is 11.4 Å². The molecule has 0 fully saturated rings. The first-order valence-corrected chi connectivity index (χ1v) is 6.51. The van der Waals surface area contributed by atoms with Crippen molar-refractivity contribution in [1.82, 2.24) is 0 Å². The highest BCUT2D eigenvalue weighted by Gasteiger charge is 2.06. The molecule has 1 aromatic carbocycles. The Morgan fingerprint density at radius 1 is 1.25 bits per heavy atom. The second-order valence-corrected chi connectivity index (χ2v) is 5.25. The van der Waals surface area contributed by atoms with Crippen LogP contribution in [-0.2, 0) is 14.8 Å². The Morgan fingerprint density at radius 3 is 2.12 bits per heavy atom. The molecule has 1 amide bonds. The molecule has 1 N–H and O–H groups in total. The molecule has 16 heavy (non-hydrogen) atoms. The average Bonchev–Trinajstić information content (AvgIpc) is 2.15. The maximum atomic E-state index is 11.1. The van der Waals surface area contributed by atoms with Crippen molar-refractivity contribution in [2.75, 3.05) is 22.9 Å². The standard InChI is InChI=1S/C10H14N2O3S/c1-8(13)12(2)10-6-4-9(5-7-10)11-16(3,14)15/h4-7,11H,1-3H3. The predicted octanol–water partition coefficient (Wildman–Crippen LogP) is 1.04. The van der Waals surface area contributed by atoms with Gasteiger partial charge in [-0.05, 0) is 24.3 Å². The molecule has 5 nitrogen and oxygen atoms in total. The third kappa shape index (κ3) is 3.54. The van der Waals surface area contributed by atoms with Gasteiger partial charge in [0.05, 0.1) is 6.26 Å². The summed E-state index contributed by atoms with van der Waals surface area (Å²) in [5.41, 5.74) is 1.19. The summed E-state index contributed by atoms with van der Waals surface area (Å²) in [5, 5.41) is 0. The first kappa shape index (κ1) is 12.5. The van der Waals surface area contributed by atoms with Crippen LogP contribution in [0, 0.1) is 0 Å². The number of nitrogens with zero attached hydrogens (tertiary/aromatic N) is 1. The Balaban J connectivity index is 2.87. The second-order valence-electron chi connectivity index (χ2n) is 3.50. The van der Waals surface area contributed by atoms with Gasteiger partial charge < -0.3 is 4.90 Å². The summed E-state index contributed by atoms with van der Waals surface area (Å²) in [4.78, 5) is 12.5. The molecule has 0 saturated carbocycles. The maximum absolute atomic E-state index is 11.1. The molecule has 0 bridgehead atoms. The van der Waals surface area contributed by atoms with Gasteiger partial charge in [-0.25, -0.2) is 8.42 Å². The normalized spacial score (nSPS) is 10.9. The highest BCUT2D eigenvalue weighted by atomic mass is 32.2. The molecule has 0 aliphatic rings. The Kier molecular flexibility index (Phi) is 3.54. The second kappa shape index (κ2) is 4.52. The van der Waals surface area contributed by atoms with Crippen LogP contribution >= 0.6 is 0 Å². The van der Waals surface area contributed by atoms with E-state index in [1.807, 2.05) is 0 Å². The molecule has 88 valence electrons. The van der Waals surface area contributed by atoms with Crippen molar-refractivity contribution in [2.45, 2.75) is 6.92 Å². The summed E-state index contributed by atoms with van der Waals surface area (Å²) in [7, 11) is -1.60. The molecule has 0 saturated heterocycles. The van der Waals surface area contributed by atoms with Gasteiger partial charge in [0.15, 0.2) is 0 Å². The molecular weight excluding hydrogens is 228 g/mol. The molecule has 0 unspecified atom stereocenters. The Bertz CT molecular complexity index is 479. The summed E-state index contributed by atoms with van der Waals surface area (Å²) in [5.74, 6) is -0.0798. The van der Waals surface area contributed by atoms with Crippen molar-refractivity contribution >= 4 is 27.3 Å². The predicted molar refractivity (Wildman–Crippen MR) is 64.0 cm³/mol. The molecular formula is C10H14N2O3S. The number of nitrogens with one attached hydrogen (secondary N) is 1. The number of hydrogen-bond donors (Lipinski definition) is 1. The first-order chi connectivity index (χ1) is 7.29. The zero-order chi connectivity index (χ0) is 12.3. The largest absolute Gasteiger partial charge is 0.316 e. The minimum Gasteiger partial charge on any atom is -0.316 e. The topological polar surface area (TPSA) is 66.5 Å². The Morgan fingerprint density at radius 2 is 1.75 bits per heavy atom. The van der Waals surface area contributed by atoms with E-state index in [1.165, 1.54) is 11.8 Å². The van der Waals surface area contributed by atoms with Gasteiger partial charge in [-0.1, -0.05) is 0 Å². The smallest absolute Gasteiger partial charge is 0.229 e. The zero-order valence-corrected chi connectivity index (χ0v) is 10.2. The molecule has 0 heterocycles. The van der Waals surface area contributed by atoms with E-state index in [-0.39, 0.29) is 5.91 Å². The molecule has 0 atom stereocenters. The van der Waals surface area contributed by atoms with E-state index in [9.17, 15) is 13.2 Å². The number of sulfonamides is 1. The van der Waals surface area contributed by atoms with Crippen LogP contribution in [0.1, 0.15) is 6.92 Å². The van der Waals surface area contributed by atoms with Crippen LogP contribution in [-0.4, -0.2) is 27.6 Å². The fourth-order valence-corrected chi connectivity index (χ4v) is 1.71. The molecule has 0 aliphatic carbocycles. The van der Waals surface area contributed by atoms with Crippen LogP contribution in [0.2, 0.25) is 0 Å². The van der Waals surface area contributed by atoms with Gasteiger partial charge in [0.2, 0.25) is 15.9 Å². The first-order valence-electron chi connectivity index (χ1n) is 4.62.